The Kier molecular flexibility index (Phi) is 2.34. The Hall–Kier alpha value is -1.96. The molecular formula is C16H16O2. The lowest BCUT2D eigenvalue weighted by Crippen LogP contribution is -2.24. The van der Waals surface area contributed by atoms with Gasteiger partial charge in [0.15, 0.2) is 0 Å². The zero-order valence-electron chi connectivity index (χ0n) is 10.6. The highest BCUT2D eigenvalue weighted by atomic mass is 16.3. The van der Waals surface area contributed by atoms with Crippen molar-refractivity contribution in [3.05, 3.63) is 59.1 Å². The fraction of sp³-hybridized carbons (Fsp3) is 0.250. The quantitative estimate of drug-likeness (QED) is 0.822. The van der Waals surface area contributed by atoms with Crippen LogP contribution in [0, 0.1) is 6.92 Å². The normalized spacial score (nSPS) is 21.9. The number of aryl methyl sites for hydroxylation is 1. The number of phenolic OH excluding ortho intramolecular Hbond substituents is 1. The standard InChI is InChI=1S/C16H16O2/c1-11-7-12-3-5-16(2,13-4-6-18-10-13)9-14(12)15(17)8-11/h3-8,10,17H,9H2,1-2H3. The van der Waals surface area contributed by atoms with Crippen molar-refractivity contribution in [2.24, 2.45) is 0 Å². The highest BCUT2D eigenvalue weighted by Gasteiger charge is 2.30. The first-order chi connectivity index (χ1) is 8.58. The fourth-order valence-corrected chi connectivity index (χ4v) is 2.65. The Balaban J connectivity index is 2.09. The number of fused-ring (bicyclic) bond motifs is 1. The average Bonchev–Trinajstić information content (AvgIpc) is 2.84. The van der Waals surface area contributed by atoms with Gasteiger partial charge in [-0.05, 0) is 36.6 Å². The van der Waals surface area contributed by atoms with Crippen LogP contribution in [0.3, 0.4) is 0 Å². The summed E-state index contributed by atoms with van der Waals surface area (Å²) in [5, 5.41) is 10.1. The summed E-state index contributed by atoms with van der Waals surface area (Å²) in [6.45, 7) is 4.16. The zero-order valence-corrected chi connectivity index (χ0v) is 10.6. The van der Waals surface area contributed by atoms with E-state index in [0.29, 0.717) is 5.75 Å². The van der Waals surface area contributed by atoms with Gasteiger partial charge < -0.3 is 9.52 Å². The minimum absolute atomic E-state index is 0.104. The summed E-state index contributed by atoms with van der Waals surface area (Å²) in [7, 11) is 0. The van der Waals surface area contributed by atoms with Crippen molar-refractivity contribution in [3.8, 4) is 5.75 Å². The van der Waals surface area contributed by atoms with Crippen LogP contribution in [-0.2, 0) is 11.8 Å². The Morgan fingerprint density at radius 2 is 2.17 bits per heavy atom. The molecule has 2 heteroatoms. The first kappa shape index (κ1) is 11.1. The van der Waals surface area contributed by atoms with Crippen LogP contribution in [-0.4, -0.2) is 5.11 Å². The van der Waals surface area contributed by atoms with E-state index in [0.717, 1.165) is 28.7 Å². The number of aromatic hydroxyl groups is 1. The van der Waals surface area contributed by atoms with Crippen molar-refractivity contribution in [3.63, 3.8) is 0 Å². The molecular weight excluding hydrogens is 224 g/mol. The van der Waals surface area contributed by atoms with Gasteiger partial charge in [-0.1, -0.05) is 25.1 Å². The summed E-state index contributed by atoms with van der Waals surface area (Å²) in [6, 6.07) is 5.93. The van der Waals surface area contributed by atoms with Crippen LogP contribution in [0.15, 0.2) is 41.2 Å². The van der Waals surface area contributed by atoms with Gasteiger partial charge >= 0.3 is 0 Å². The van der Waals surface area contributed by atoms with Gasteiger partial charge in [-0.25, -0.2) is 0 Å². The van der Waals surface area contributed by atoms with Gasteiger partial charge in [-0.3, -0.25) is 0 Å². The van der Waals surface area contributed by atoms with E-state index in [4.69, 9.17) is 4.42 Å². The molecule has 1 aliphatic carbocycles. The van der Waals surface area contributed by atoms with Gasteiger partial charge in [0.2, 0.25) is 0 Å². The summed E-state index contributed by atoms with van der Waals surface area (Å²) in [4.78, 5) is 0. The second-order valence-corrected chi connectivity index (χ2v) is 5.29. The molecule has 0 saturated heterocycles. The van der Waals surface area contributed by atoms with Gasteiger partial charge in [0.1, 0.15) is 5.75 Å². The lowest BCUT2D eigenvalue weighted by atomic mass is 9.73. The monoisotopic (exact) mass is 240 g/mol. The smallest absolute Gasteiger partial charge is 0.119 e. The Bertz CT molecular complexity index is 608. The number of phenols is 1. The van der Waals surface area contributed by atoms with E-state index < -0.39 is 0 Å². The summed E-state index contributed by atoms with van der Waals surface area (Å²) >= 11 is 0. The maximum atomic E-state index is 10.1. The maximum Gasteiger partial charge on any atom is 0.119 e. The van der Waals surface area contributed by atoms with E-state index in [1.165, 1.54) is 0 Å². The minimum atomic E-state index is -0.104. The minimum Gasteiger partial charge on any atom is -0.508 e. The third kappa shape index (κ3) is 1.65. The third-order valence-electron chi connectivity index (χ3n) is 3.76. The van der Waals surface area contributed by atoms with E-state index in [-0.39, 0.29) is 5.41 Å². The van der Waals surface area contributed by atoms with Gasteiger partial charge in [-0.15, -0.1) is 0 Å². The molecule has 0 bridgehead atoms. The highest BCUT2D eigenvalue weighted by Crippen LogP contribution is 2.39. The van der Waals surface area contributed by atoms with Crippen LogP contribution in [0.25, 0.3) is 6.08 Å². The molecule has 92 valence electrons. The van der Waals surface area contributed by atoms with Crippen molar-refractivity contribution in [1.82, 2.24) is 0 Å². The van der Waals surface area contributed by atoms with Crippen LogP contribution in [0.1, 0.15) is 29.2 Å². The van der Waals surface area contributed by atoms with Crippen LogP contribution < -0.4 is 0 Å². The predicted molar refractivity (Wildman–Crippen MR) is 71.6 cm³/mol. The van der Waals surface area contributed by atoms with Crippen molar-refractivity contribution in [1.29, 1.82) is 0 Å². The van der Waals surface area contributed by atoms with E-state index in [9.17, 15) is 5.11 Å². The summed E-state index contributed by atoms with van der Waals surface area (Å²) in [5.41, 5.74) is 4.26. The Morgan fingerprint density at radius 3 is 2.89 bits per heavy atom. The summed E-state index contributed by atoms with van der Waals surface area (Å²) in [5.74, 6) is 0.393. The molecule has 0 spiro atoms. The molecule has 0 fully saturated rings. The number of hydrogen-bond donors (Lipinski definition) is 1. The molecule has 0 amide bonds. The van der Waals surface area contributed by atoms with E-state index in [1.54, 1.807) is 12.5 Å². The summed E-state index contributed by atoms with van der Waals surface area (Å²) < 4.78 is 5.17. The second kappa shape index (κ2) is 3.77. The molecule has 1 aromatic carbocycles. The highest BCUT2D eigenvalue weighted by molar-refractivity contribution is 5.64. The molecule has 0 aliphatic heterocycles. The first-order valence-corrected chi connectivity index (χ1v) is 6.13. The van der Waals surface area contributed by atoms with Crippen LogP contribution >= 0.6 is 0 Å². The van der Waals surface area contributed by atoms with E-state index in [1.807, 2.05) is 19.1 Å². The van der Waals surface area contributed by atoms with Crippen LogP contribution in [0.5, 0.6) is 5.75 Å². The lowest BCUT2D eigenvalue weighted by molar-refractivity contribution is 0.456. The average molecular weight is 240 g/mol. The number of hydrogen-bond acceptors (Lipinski definition) is 2. The molecule has 0 saturated carbocycles. The maximum absolute atomic E-state index is 10.1. The molecule has 18 heavy (non-hydrogen) atoms. The van der Waals surface area contributed by atoms with E-state index in [2.05, 4.69) is 25.1 Å². The molecule has 1 atom stereocenters. The van der Waals surface area contributed by atoms with Gasteiger partial charge in [-0.2, -0.15) is 0 Å². The van der Waals surface area contributed by atoms with Crippen LogP contribution in [0.2, 0.25) is 0 Å². The molecule has 3 rings (SSSR count). The number of rotatable bonds is 1. The third-order valence-corrected chi connectivity index (χ3v) is 3.76. The fourth-order valence-electron chi connectivity index (χ4n) is 2.65. The molecule has 1 unspecified atom stereocenters. The topological polar surface area (TPSA) is 33.4 Å². The number of benzene rings is 1. The largest absolute Gasteiger partial charge is 0.508 e. The number of allylic oxidation sites excluding steroid dienone is 1. The second-order valence-electron chi connectivity index (χ2n) is 5.29. The van der Waals surface area contributed by atoms with Crippen molar-refractivity contribution in [2.75, 3.05) is 0 Å². The van der Waals surface area contributed by atoms with E-state index >= 15 is 0 Å². The predicted octanol–water partition coefficient (Wildman–Crippen LogP) is 3.82. The molecule has 1 aliphatic rings. The Labute approximate surface area is 107 Å². The molecule has 1 heterocycles. The first-order valence-electron chi connectivity index (χ1n) is 6.13. The molecule has 1 N–H and O–H groups in total. The molecule has 1 aromatic heterocycles. The summed E-state index contributed by atoms with van der Waals surface area (Å²) in [6.07, 6.45) is 8.56. The lowest BCUT2D eigenvalue weighted by Gasteiger charge is -2.30. The van der Waals surface area contributed by atoms with Gasteiger partial charge in [0.25, 0.3) is 0 Å². The molecule has 0 radical (unpaired) electrons. The SMILES string of the molecule is Cc1cc(O)c2c(c1)C=CC(C)(c1ccoc1)C2. The van der Waals surface area contributed by atoms with Crippen molar-refractivity contribution < 1.29 is 9.52 Å². The van der Waals surface area contributed by atoms with Crippen LogP contribution in [0.4, 0.5) is 0 Å². The Morgan fingerprint density at radius 1 is 1.33 bits per heavy atom. The zero-order chi connectivity index (χ0) is 12.8. The molecule has 2 aromatic rings. The number of furan rings is 1. The molecule has 2 nitrogen and oxygen atoms in total. The van der Waals surface area contributed by atoms with Gasteiger partial charge in [0.05, 0.1) is 12.5 Å². The van der Waals surface area contributed by atoms with Crippen molar-refractivity contribution >= 4 is 6.08 Å². The van der Waals surface area contributed by atoms with Crippen molar-refractivity contribution in [2.45, 2.75) is 25.7 Å². The van der Waals surface area contributed by atoms with Gasteiger partial charge in [0, 0.05) is 16.5 Å².